The van der Waals surface area contributed by atoms with Crippen LogP contribution in [-0.4, -0.2) is 5.11 Å². The summed E-state index contributed by atoms with van der Waals surface area (Å²) in [6.07, 6.45) is -0.335. The second-order valence-electron chi connectivity index (χ2n) is 4.53. The molecule has 0 aliphatic heterocycles. The van der Waals surface area contributed by atoms with Crippen molar-refractivity contribution >= 4 is 23.2 Å². The molecule has 0 heterocycles. The second-order valence-corrected chi connectivity index (χ2v) is 5.37. The number of aliphatic hydroxyl groups excluding tert-OH is 1. The van der Waals surface area contributed by atoms with Crippen molar-refractivity contribution < 1.29 is 9.50 Å². The van der Waals surface area contributed by atoms with Crippen molar-refractivity contribution in [3.8, 4) is 0 Å². The van der Waals surface area contributed by atoms with Crippen LogP contribution >= 0.6 is 23.2 Å². The lowest BCUT2D eigenvalue weighted by molar-refractivity contribution is 0.178. The predicted molar refractivity (Wildman–Crippen MR) is 76.3 cm³/mol. The molecule has 1 atom stereocenters. The molecule has 0 fully saturated rings. The molecule has 4 heteroatoms. The summed E-state index contributed by atoms with van der Waals surface area (Å²) < 4.78 is 13.1. The van der Waals surface area contributed by atoms with Gasteiger partial charge in [-0.3, -0.25) is 0 Å². The lowest BCUT2D eigenvalue weighted by atomic mass is 10.00. The molecule has 0 radical (unpaired) electrons. The Bertz CT molecular complexity index is 578. The van der Waals surface area contributed by atoms with Gasteiger partial charge in [-0.1, -0.05) is 35.3 Å². The van der Waals surface area contributed by atoms with Crippen molar-refractivity contribution in [2.75, 3.05) is 0 Å². The van der Waals surface area contributed by atoms with E-state index in [1.54, 1.807) is 12.1 Å². The van der Waals surface area contributed by atoms with Crippen molar-refractivity contribution in [3.05, 3.63) is 69.0 Å². The van der Waals surface area contributed by atoms with Gasteiger partial charge in [-0.2, -0.15) is 0 Å². The van der Waals surface area contributed by atoms with Crippen LogP contribution in [0.4, 0.5) is 4.39 Å². The Morgan fingerprint density at radius 2 is 1.89 bits per heavy atom. The zero-order valence-corrected chi connectivity index (χ0v) is 11.8. The van der Waals surface area contributed by atoms with Gasteiger partial charge in [0.05, 0.1) is 11.1 Å². The lowest BCUT2D eigenvalue weighted by Gasteiger charge is -2.13. The highest BCUT2D eigenvalue weighted by Crippen LogP contribution is 2.25. The quantitative estimate of drug-likeness (QED) is 0.869. The van der Waals surface area contributed by atoms with Gasteiger partial charge in [-0.15, -0.1) is 0 Å². The lowest BCUT2D eigenvalue weighted by Crippen LogP contribution is -2.02. The molecule has 0 saturated heterocycles. The van der Waals surface area contributed by atoms with Gasteiger partial charge in [-0.05, 0) is 47.9 Å². The monoisotopic (exact) mass is 298 g/mol. The number of aryl methyl sites for hydroxylation is 1. The molecule has 100 valence electrons. The van der Waals surface area contributed by atoms with E-state index in [4.69, 9.17) is 23.2 Å². The molecule has 1 nitrogen and oxygen atoms in total. The Kier molecular flexibility index (Phi) is 4.46. The third-order valence-electron chi connectivity index (χ3n) is 2.86. The van der Waals surface area contributed by atoms with Crippen LogP contribution in [-0.2, 0) is 6.42 Å². The molecule has 0 aliphatic rings. The average molecular weight is 299 g/mol. The molecule has 0 amide bonds. The summed E-state index contributed by atoms with van der Waals surface area (Å²) >= 11 is 11.7. The van der Waals surface area contributed by atoms with E-state index in [-0.39, 0.29) is 5.02 Å². The highest BCUT2D eigenvalue weighted by atomic mass is 35.5. The number of halogens is 3. The minimum Gasteiger partial charge on any atom is -0.388 e. The van der Waals surface area contributed by atoms with Crippen molar-refractivity contribution in [2.24, 2.45) is 0 Å². The molecule has 0 saturated carbocycles. The molecule has 0 bridgehead atoms. The molecule has 2 rings (SSSR count). The van der Waals surface area contributed by atoms with Crippen LogP contribution in [0, 0.1) is 12.7 Å². The Labute approximate surface area is 121 Å². The van der Waals surface area contributed by atoms with Crippen molar-refractivity contribution in [2.45, 2.75) is 19.4 Å². The van der Waals surface area contributed by atoms with Crippen LogP contribution in [0.1, 0.15) is 22.8 Å². The first-order chi connectivity index (χ1) is 8.95. The molecule has 0 aliphatic carbocycles. The predicted octanol–water partition coefficient (Wildman–Crippen LogP) is 4.72. The molecule has 19 heavy (non-hydrogen) atoms. The smallest absolute Gasteiger partial charge is 0.141 e. The molecular formula is C15H13Cl2FO. The molecule has 1 N–H and O–H groups in total. The molecule has 1 unspecified atom stereocenters. The summed E-state index contributed by atoms with van der Waals surface area (Å²) in [5.74, 6) is -0.460. The first-order valence-electron chi connectivity index (χ1n) is 5.85. The largest absolute Gasteiger partial charge is 0.388 e. The highest BCUT2D eigenvalue weighted by molar-refractivity contribution is 6.31. The van der Waals surface area contributed by atoms with E-state index in [2.05, 4.69) is 0 Å². The fourth-order valence-corrected chi connectivity index (χ4v) is 2.47. The third kappa shape index (κ3) is 3.69. The standard InChI is InChI=1S/C15H13Cl2FO/c1-9-4-11(8-12(16)5-9)15(19)7-10-2-3-14(18)13(17)6-10/h2-6,8,15,19H,7H2,1H3. The summed E-state index contributed by atoms with van der Waals surface area (Å²) in [5.41, 5.74) is 2.50. The molecule has 0 aromatic heterocycles. The summed E-state index contributed by atoms with van der Waals surface area (Å²) in [6.45, 7) is 1.91. The van der Waals surface area contributed by atoms with E-state index in [1.165, 1.54) is 12.1 Å². The SMILES string of the molecule is Cc1cc(Cl)cc(C(O)Cc2ccc(F)c(Cl)c2)c1. The van der Waals surface area contributed by atoms with E-state index in [9.17, 15) is 9.50 Å². The Morgan fingerprint density at radius 1 is 1.16 bits per heavy atom. The van der Waals surface area contributed by atoms with Crippen molar-refractivity contribution in [1.82, 2.24) is 0 Å². The molecule has 2 aromatic rings. The number of rotatable bonds is 3. The summed E-state index contributed by atoms with van der Waals surface area (Å²) in [4.78, 5) is 0. The zero-order chi connectivity index (χ0) is 14.0. The Morgan fingerprint density at radius 3 is 2.53 bits per heavy atom. The van der Waals surface area contributed by atoms with Crippen LogP contribution < -0.4 is 0 Å². The normalized spacial score (nSPS) is 12.5. The summed E-state index contributed by atoms with van der Waals surface area (Å²) in [5, 5.41) is 10.8. The van der Waals surface area contributed by atoms with Gasteiger partial charge in [0.1, 0.15) is 5.82 Å². The van der Waals surface area contributed by atoms with Gasteiger partial charge in [0.25, 0.3) is 0 Å². The average Bonchev–Trinajstić information content (AvgIpc) is 2.32. The minimum atomic E-state index is -0.695. The first-order valence-corrected chi connectivity index (χ1v) is 6.60. The maximum absolute atomic E-state index is 13.1. The Hall–Kier alpha value is -1.09. The molecular weight excluding hydrogens is 286 g/mol. The van der Waals surface area contributed by atoms with E-state index >= 15 is 0 Å². The van der Waals surface area contributed by atoms with Gasteiger partial charge in [0, 0.05) is 11.4 Å². The zero-order valence-electron chi connectivity index (χ0n) is 10.3. The van der Waals surface area contributed by atoms with Gasteiger partial charge in [-0.25, -0.2) is 4.39 Å². The minimum absolute atomic E-state index is 0.0620. The summed E-state index contributed by atoms with van der Waals surface area (Å²) in [7, 11) is 0. The van der Waals surface area contributed by atoms with E-state index in [1.807, 2.05) is 19.1 Å². The number of hydrogen-bond acceptors (Lipinski definition) is 1. The van der Waals surface area contributed by atoms with E-state index in [0.29, 0.717) is 11.4 Å². The maximum atomic E-state index is 13.1. The van der Waals surface area contributed by atoms with Crippen molar-refractivity contribution in [1.29, 1.82) is 0 Å². The van der Waals surface area contributed by atoms with Crippen LogP contribution in [0.5, 0.6) is 0 Å². The van der Waals surface area contributed by atoms with E-state index in [0.717, 1.165) is 16.7 Å². The fourth-order valence-electron chi connectivity index (χ4n) is 1.96. The second kappa shape index (κ2) is 5.91. The van der Waals surface area contributed by atoms with Gasteiger partial charge in [0.15, 0.2) is 0 Å². The third-order valence-corrected chi connectivity index (χ3v) is 3.37. The van der Waals surface area contributed by atoms with Crippen LogP contribution in [0.25, 0.3) is 0 Å². The maximum Gasteiger partial charge on any atom is 0.141 e. The molecule has 2 aromatic carbocycles. The fraction of sp³-hybridized carbons (Fsp3) is 0.200. The van der Waals surface area contributed by atoms with Gasteiger partial charge < -0.3 is 5.11 Å². The highest BCUT2D eigenvalue weighted by Gasteiger charge is 2.11. The van der Waals surface area contributed by atoms with Gasteiger partial charge in [0.2, 0.25) is 0 Å². The number of aliphatic hydroxyl groups is 1. The number of hydrogen-bond donors (Lipinski definition) is 1. The molecule has 0 spiro atoms. The number of benzene rings is 2. The summed E-state index contributed by atoms with van der Waals surface area (Å²) in [6, 6.07) is 9.87. The van der Waals surface area contributed by atoms with Crippen molar-refractivity contribution in [3.63, 3.8) is 0 Å². The Balaban J connectivity index is 2.20. The van der Waals surface area contributed by atoms with Crippen LogP contribution in [0.3, 0.4) is 0 Å². The first kappa shape index (κ1) is 14.3. The topological polar surface area (TPSA) is 20.2 Å². The van der Waals surface area contributed by atoms with Gasteiger partial charge >= 0.3 is 0 Å². The van der Waals surface area contributed by atoms with Crippen LogP contribution in [0.2, 0.25) is 10.0 Å². The van der Waals surface area contributed by atoms with E-state index < -0.39 is 11.9 Å². The van der Waals surface area contributed by atoms with Crippen LogP contribution in [0.15, 0.2) is 36.4 Å².